The van der Waals surface area contributed by atoms with Gasteiger partial charge in [-0.25, -0.2) is 4.98 Å². The Balaban J connectivity index is 1.14. The highest BCUT2D eigenvalue weighted by molar-refractivity contribution is 6.24. The van der Waals surface area contributed by atoms with Crippen molar-refractivity contribution in [2.45, 2.75) is 43.9 Å². The number of piperidine rings is 1. The van der Waals surface area contributed by atoms with Gasteiger partial charge < -0.3 is 29.8 Å². The monoisotopic (exact) mass is 657 g/mol. The summed E-state index contributed by atoms with van der Waals surface area (Å²) in [5.74, 6) is -1.29. The number of ether oxygens (including phenoxy) is 2. The molecule has 15 heteroatoms. The number of fused-ring (bicyclic) bond motifs is 2. The number of hydrogen-bond donors (Lipinski definition) is 3. The van der Waals surface area contributed by atoms with E-state index in [1.54, 1.807) is 24.3 Å². The summed E-state index contributed by atoms with van der Waals surface area (Å²) in [7, 11) is 2.00. The van der Waals surface area contributed by atoms with Crippen molar-refractivity contribution in [1.29, 1.82) is 0 Å². The average Bonchev–Trinajstić information content (AvgIpc) is 3.55. The zero-order valence-corrected chi connectivity index (χ0v) is 25.1. The van der Waals surface area contributed by atoms with Gasteiger partial charge in [-0.3, -0.25) is 19.3 Å². The maximum atomic E-state index is 13.3. The zero-order chi connectivity index (χ0) is 33.5. The van der Waals surface area contributed by atoms with E-state index in [4.69, 9.17) is 4.74 Å². The van der Waals surface area contributed by atoms with Crippen molar-refractivity contribution in [2.24, 2.45) is 0 Å². The number of allylic oxidation sites excluding steroid dienone is 3. The number of halogens is 4. The van der Waals surface area contributed by atoms with Gasteiger partial charge in [0.25, 0.3) is 11.8 Å². The van der Waals surface area contributed by atoms with Crippen LogP contribution in [0.25, 0.3) is 16.6 Å². The van der Waals surface area contributed by atoms with Gasteiger partial charge in [0, 0.05) is 30.8 Å². The van der Waals surface area contributed by atoms with E-state index in [1.165, 1.54) is 17.0 Å². The first kappa shape index (κ1) is 32.2. The molecule has 6 rings (SSSR count). The fourth-order valence-corrected chi connectivity index (χ4v) is 5.80. The third-order valence-electron chi connectivity index (χ3n) is 8.23. The molecule has 11 nitrogen and oxygen atoms in total. The number of hydrogen-bond acceptors (Lipinski definition) is 9. The molecule has 3 N–H and O–H groups in total. The number of likely N-dealkylation sites (tertiary alicyclic amines) is 1. The molecule has 3 aromatic rings. The van der Waals surface area contributed by atoms with Crippen molar-refractivity contribution in [1.82, 2.24) is 25.1 Å². The van der Waals surface area contributed by atoms with E-state index in [0.29, 0.717) is 29.6 Å². The topological polar surface area (TPSA) is 137 Å². The lowest BCUT2D eigenvalue weighted by Gasteiger charge is -2.33. The summed E-state index contributed by atoms with van der Waals surface area (Å²) in [6.45, 7) is 1.18. The smallest absolute Gasteiger partial charge is 0.461 e. The van der Waals surface area contributed by atoms with Gasteiger partial charge in [-0.1, -0.05) is 12.1 Å². The maximum Gasteiger partial charge on any atom is 0.461 e. The summed E-state index contributed by atoms with van der Waals surface area (Å²) in [4.78, 5) is 50.8. The molecule has 3 aliphatic rings. The molecule has 3 heterocycles. The van der Waals surface area contributed by atoms with Gasteiger partial charge in [0.1, 0.15) is 30.0 Å². The number of aliphatic hydroxyl groups excluding tert-OH is 1. The lowest BCUT2D eigenvalue weighted by molar-refractivity contribution is -0.253. The van der Waals surface area contributed by atoms with Crippen LogP contribution in [0.4, 0.5) is 17.6 Å². The van der Waals surface area contributed by atoms with E-state index in [0.717, 1.165) is 25.2 Å². The van der Waals surface area contributed by atoms with Crippen molar-refractivity contribution in [3.05, 3.63) is 71.2 Å². The largest absolute Gasteiger partial charge is 0.491 e. The Morgan fingerprint density at radius 3 is 2.51 bits per heavy atom. The van der Waals surface area contributed by atoms with Gasteiger partial charge in [0.2, 0.25) is 0 Å². The third-order valence-corrected chi connectivity index (χ3v) is 8.23. The molecule has 0 saturated carbocycles. The zero-order valence-electron chi connectivity index (χ0n) is 25.1. The fourth-order valence-electron chi connectivity index (χ4n) is 5.80. The van der Waals surface area contributed by atoms with Gasteiger partial charge in [-0.15, -0.1) is 0 Å². The summed E-state index contributed by atoms with van der Waals surface area (Å²) < 4.78 is 60.9. The normalized spacial score (nSPS) is 18.4. The minimum absolute atomic E-state index is 0.000127. The Morgan fingerprint density at radius 1 is 1.09 bits per heavy atom. The minimum atomic E-state index is -4.68. The highest BCUT2D eigenvalue weighted by Crippen LogP contribution is 2.33. The molecular formula is C32H31F4N5O6. The minimum Gasteiger partial charge on any atom is -0.491 e. The van der Waals surface area contributed by atoms with E-state index in [-0.39, 0.29) is 71.5 Å². The first-order valence-electron chi connectivity index (χ1n) is 15.0. The summed E-state index contributed by atoms with van der Waals surface area (Å²) in [6.07, 6.45) is -5.03. The number of H-pyrrole nitrogens is 1. The third kappa shape index (κ3) is 6.58. The van der Waals surface area contributed by atoms with Crippen LogP contribution in [0.5, 0.6) is 11.5 Å². The predicted molar refractivity (Wildman–Crippen MR) is 160 cm³/mol. The molecule has 1 aliphatic carbocycles. The first-order chi connectivity index (χ1) is 22.4. The molecule has 1 fully saturated rings. The predicted octanol–water partition coefficient (Wildman–Crippen LogP) is 3.76. The molecule has 0 radical (unpaired) electrons. The van der Waals surface area contributed by atoms with Gasteiger partial charge in [0.05, 0.1) is 27.7 Å². The summed E-state index contributed by atoms with van der Waals surface area (Å²) in [6, 6.07) is 7.68. The van der Waals surface area contributed by atoms with Crippen molar-refractivity contribution >= 4 is 34.2 Å². The standard InChI is InChI=1S/C32H31F4N5O6/c1-40-10-8-17(9-11-40)41-29(44)21-13-24-25(14-22(21)30(41)45)39-28(38-24)27-23(6-3-7-26(27)43)37-15-18(42)16-46-19-4-2-5-20(12-19)47-32(35,36)31(33)34/h2-6,12-14,17-18,31,37,42H,7-11,15-16H2,1H3,(H,38,39)/t18-/m1/s1. The molecule has 2 amide bonds. The number of amides is 2. The summed E-state index contributed by atoms with van der Waals surface area (Å²) in [5.41, 5.74) is 2.01. The van der Waals surface area contributed by atoms with Crippen LogP contribution >= 0.6 is 0 Å². The van der Waals surface area contributed by atoms with Crippen LogP contribution in [0.2, 0.25) is 0 Å². The number of nitrogens with zero attached hydrogens (tertiary/aromatic N) is 3. The second kappa shape index (κ2) is 12.8. The number of aliphatic hydroxyl groups is 1. The lowest BCUT2D eigenvalue weighted by Crippen LogP contribution is -2.46. The average molecular weight is 658 g/mol. The Bertz CT molecular complexity index is 1730. The van der Waals surface area contributed by atoms with E-state index in [9.17, 15) is 37.1 Å². The van der Waals surface area contributed by atoms with E-state index >= 15 is 0 Å². The number of Topliss-reactive ketones (excluding diaryl/α,β-unsaturated/α-hetero) is 1. The maximum absolute atomic E-state index is 13.3. The molecule has 1 saturated heterocycles. The first-order valence-corrected chi connectivity index (χ1v) is 15.0. The molecule has 2 aliphatic heterocycles. The number of ketones is 1. The number of carbonyl (C=O) groups is 3. The van der Waals surface area contributed by atoms with Gasteiger partial charge in [0.15, 0.2) is 5.78 Å². The van der Waals surface area contributed by atoms with Crippen LogP contribution in [0.3, 0.4) is 0 Å². The molecule has 0 bridgehead atoms. The number of rotatable bonds is 11. The summed E-state index contributed by atoms with van der Waals surface area (Å²) >= 11 is 0. The number of imide groups is 1. The Labute approximate surface area is 265 Å². The number of nitrogens with one attached hydrogen (secondary N) is 2. The number of aromatic amines is 1. The molecule has 2 aromatic carbocycles. The van der Waals surface area contributed by atoms with Crippen LogP contribution in [-0.4, -0.2) is 100 Å². The quantitative estimate of drug-likeness (QED) is 0.208. The van der Waals surface area contributed by atoms with Crippen molar-refractivity contribution < 1.29 is 46.5 Å². The molecule has 248 valence electrons. The van der Waals surface area contributed by atoms with Crippen LogP contribution < -0.4 is 14.8 Å². The van der Waals surface area contributed by atoms with E-state index < -0.39 is 24.4 Å². The van der Waals surface area contributed by atoms with Crippen molar-refractivity contribution in [3.63, 3.8) is 0 Å². The summed E-state index contributed by atoms with van der Waals surface area (Å²) in [5, 5.41) is 13.5. The molecule has 0 unspecified atom stereocenters. The molecular weight excluding hydrogens is 626 g/mol. The van der Waals surface area contributed by atoms with Crippen LogP contribution in [0, 0.1) is 0 Å². The van der Waals surface area contributed by atoms with Crippen molar-refractivity contribution in [3.8, 4) is 11.5 Å². The van der Waals surface area contributed by atoms with Crippen LogP contribution in [0.1, 0.15) is 45.8 Å². The van der Waals surface area contributed by atoms with Crippen molar-refractivity contribution in [2.75, 3.05) is 33.3 Å². The molecule has 0 spiro atoms. The van der Waals surface area contributed by atoms with E-state index in [2.05, 4.69) is 24.9 Å². The highest BCUT2D eigenvalue weighted by Gasteiger charge is 2.44. The number of benzene rings is 2. The van der Waals surface area contributed by atoms with Gasteiger partial charge in [-0.05, 0) is 63.3 Å². The van der Waals surface area contributed by atoms with E-state index in [1.807, 2.05) is 7.05 Å². The number of imidazole rings is 1. The number of alkyl halides is 4. The van der Waals surface area contributed by atoms with Crippen LogP contribution in [-0.2, 0) is 4.79 Å². The molecule has 47 heavy (non-hydrogen) atoms. The SMILES string of the molecule is CN1CCC(N2C(=O)c3cc4nc(C5=C(NC[C@@H](O)COc6cccc(OC(F)(F)C(F)F)c6)C=CCC5=O)[nH]c4cc3C2=O)CC1. The van der Waals surface area contributed by atoms with Gasteiger partial charge >= 0.3 is 12.5 Å². The highest BCUT2D eigenvalue weighted by atomic mass is 19.3. The second-order valence-electron chi connectivity index (χ2n) is 11.6. The lowest BCUT2D eigenvalue weighted by atomic mass is 10.00. The Hall–Kier alpha value is -4.76. The number of carbonyl (C=O) groups excluding carboxylic acids is 3. The molecule has 1 aromatic heterocycles. The fraction of sp³-hybridized carbons (Fsp3) is 0.375. The van der Waals surface area contributed by atoms with Gasteiger partial charge in [-0.2, -0.15) is 17.6 Å². The second-order valence-corrected chi connectivity index (χ2v) is 11.6. The molecule has 1 atom stereocenters. The Kier molecular flexibility index (Phi) is 8.76. The van der Waals surface area contributed by atoms with Crippen LogP contribution in [0.15, 0.2) is 54.2 Å². The number of aromatic nitrogens is 2. The Morgan fingerprint density at radius 2 is 1.79 bits per heavy atom.